The van der Waals surface area contributed by atoms with Gasteiger partial charge >= 0.3 is 0 Å². The van der Waals surface area contributed by atoms with E-state index in [0.717, 1.165) is 26.0 Å². The van der Waals surface area contributed by atoms with Crippen molar-refractivity contribution in [2.45, 2.75) is 25.3 Å². The van der Waals surface area contributed by atoms with Gasteiger partial charge in [0.1, 0.15) is 0 Å². The second-order valence-electron chi connectivity index (χ2n) is 3.79. The summed E-state index contributed by atoms with van der Waals surface area (Å²) in [5, 5.41) is 0. The summed E-state index contributed by atoms with van der Waals surface area (Å²) in [5.74, 6) is 0. The standard InChI is InChI=1S/C9H16N2O/c12-8-10-5-6-11-4-2-1-3-9(11)7-10/h8-9H,1-7H2/t9-/m0/s1. The van der Waals surface area contributed by atoms with Crippen LogP contribution in [0.15, 0.2) is 0 Å². The second kappa shape index (κ2) is 3.44. The number of fused-ring (bicyclic) bond motifs is 1. The Morgan fingerprint density at radius 2 is 2.08 bits per heavy atom. The van der Waals surface area contributed by atoms with Crippen LogP contribution in [0.25, 0.3) is 0 Å². The molecule has 1 amide bonds. The van der Waals surface area contributed by atoms with Crippen molar-refractivity contribution < 1.29 is 4.79 Å². The Morgan fingerprint density at radius 1 is 1.17 bits per heavy atom. The van der Waals surface area contributed by atoms with Crippen LogP contribution in [-0.2, 0) is 4.79 Å². The fourth-order valence-electron chi connectivity index (χ4n) is 2.28. The monoisotopic (exact) mass is 168 g/mol. The molecule has 0 aromatic carbocycles. The summed E-state index contributed by atoms with van der Waals surface area (Å²) < 4.78 is 0. The Hall–Kier alpha value is -0.570. The van der Waals surface area contributed by atoms with Crippen molar-refractivity contribution in [1.29, 1.82) is 0 Å². The second-order valence-corrected chi connectivity index (χ2v) is 3.79. The van der Waals surface area contributed by atoms with Crippen LogP contribution in [0.3, 0.4) is 0 Å². The van der Waals surface area contributed by atoms with Crippen molar-refractivity contribution in [2.75, 3.05) is 26.2 Å². The number of hydrogen-bond donors (Lipinski definition) is 0. The molecule has 12 heavy (non-hydrogen) atoms. The van der Waals surface area contributed by atoms with Gasteiger partial charge < -0.3 is 4.90 Å². The van der Waals surface area contributed by atoms with Crippen LogP contribution in [0.4, 0.5) is 0 Å². The summed E-state index contributed by atoms with van der Waals surface area (Å²) in [6, 6.07) is 0.665. The van der Waals surface area contributed by atoms with Gasteiger partial charge in [-0.2, -0.15) is 0 Å². The summed E-state index contributed by atoms with van der Waals surface area (Å²) in [4.78, 5) is 15.0. The van der Waals surface area contributed by atoms with Crippen LogP contribution in [0.5, 0.6) is 0 Å². The van der Waals surface area contributed by atoms with E-state index in [-0.39, 0.29) is 0 Å². The van der Waals surface area contributed by atoms with Gasteiger partial charge in [-0.25, -0.2) is 0 Å². The van der Waals surface area contributed by atoms with E-state index in [1.807, 2.05) is 4.90 Å². The number of amides is 1. The Balaban J connectivity index is 1.93. The molecule has 0 aliphatic carbocycles. The molecule has 3 heteroatoms. The SMILES string of the molecule is O=CN1CCN2CCCC[C@H]2C1. The van der Waals surface area contributed by atoms with E-state index in [4.69, 9.17) is 0 Å². The molecule has 2 aliphatic heterocycles. The van der Waals surface area contributed by atoms with E-state index in [2.05, 4.69) is 4.90 Å². The molecule has 0 saturated carbocycles. The maximum atomic E-state index is 10.5. The minimum absolute atomic E-state index is 0.665. The lowest BCUT2D eigenvalue weighted by atomic mass is 10.00. The van der Waals surface area contributed by atoms with Crippen LogP contribution in [0, 0.1) is 0 Å². The smallest absolute Gasteiger partial charge is 0.209 e. The molecule has 2 heterocycles. The Bertz CT molecular complexity index is 172. The molecule has 0 aromatic rings. The average molecular weight is 168 g/mol. The largest absolute Gasteiger partial charge is 0.342 e. The number of carbonyl (C=O) groups excluding carboxylic acids is 1. The van der Waals surface area contributed by atoms with Crippen LogP contribution in [-0.4, -0.2) is 48.4 Å². The number of piperazine rings is 1. The molecule has 0 bridgehead atoms. The van der Waals surface area contributed by atoms with Gasteiger partial charge in [-0.05, 0) is 19.4 Å². The Morgan fingerprint density at radius 3 is 2.92 bits per heavy atom. The molecular formula is C9H16N2O. The predicted octanol–water partition coefficient (Wildman–Crippen LogP) is 0.313. The van der Waals surface area contributed by atoms with Gasteiger partial charge in [0.25, 0.3) is 0 Å². The zero-order valence-corrected chi connectivity index (χ0v) is 7.41. The van der Waals surface area contributed by atoms with Crippen molar-refractivity contribution in [1.82, 2.24) is 9.80 Å². The number of piperidine rings is 1. The van der Waals surface area contributed by atoms with E-state index in [1.165, 1.54) is 25.8 Å². The van der Waals surface area contributed by atoms with E-state index in [9.17, 15) is 4.79 Å². The predicted molar refractivity (Wildman–Crippen MR) is 46.8 cm³/mol. The summed E-state index contributed by atoms with van der Waals surface area (Å²) in [5.41, 5.74) is 0. The third-order valence-corrected chi connectivity index (χ3v) is 3.02. The maximum Gasteiger partial charge on any atom is 0.209 e. The minimum Gasteiger partial charge on any atom is -0.342 e. The highest BCUT2D eigenvalue weighted by atomic mass is 16.1. The summed E-state index contributed by atoms with van der Waals surface area (Å²) in [6.07, 6.45) is 4.96. The first-order chi connectivity index (χ1) is 5.90. The fourth-order valence-corrected chi connectivity index (χ4v) is 2.28. The van der Waals surface area contributed by atoms with Gasteiger partial charge in [0.15, 0.2) is 0 Å². The highest BCUT2D eigenvalue weighted by molar-refractivity contribution is 5.47. The molecule has 1 atom stereocenters. The first kappa shape index (κ1) is 8.05. The fraction of sp³-hybridized carbons (Fsp3) is 0.889. The van der Waals surface area contributed by atoms with E-state index >= 15 is 0 Å². The number of nitrogens with zero attached hydrogens (tertiary/aromatic N) is 2. The zero-order valence-electron chi connectivity index (χ0n) is 7.41. The molecular weight excluding hydrogens is 152 g/mol. The highest BCUT2D eigenvalue weighted by Gasteiger charge is 2.27. The van der Waals surface area contributed by atoms with Gasteiger partial charge in [0, 0.05) is 25.7 Å². The lowest BCUT2D eigenvalue weighted by Gasteiger charge is -2.42. The topological polar surface area (TPSA) is 23.6 Å². The molecule has 0 aromatic heterocycles. The molecule has 0 N–H and O–H groups in total. The molecule has 2 saturated heterocycles. The lowest BCUT2D eigenvalue weighted by Crippen LogP contribution is -2.54. The molecule has 68 valence electrons. The molecule has 3 nitrogen and oxygen atoms in total. The quantitative estimate of drug-likeness (QED) is 0.526. The van der Waals surface area contributed by atoms with Gasteiger partial charge in [-0.1, -0.05) is 6.42 Å². The number of rotatable bonds is 1. The van der Waals surface area contributed by atoms with E-state index in [1.54, 1.807) is 0 Å². The normalized spacial score (nSPS) is 31.3. The first-order valence-corrected chi connectivity index (χ1v) is 4.83. The summed E-state index contributed by atoms with van der Waals surface area (Å²) >= 11 is 0. The summed E-state index contributed by atoms with van der Waals surface area (Å²) in [6.45, 7) is 4.23. The van der Waals surface area contributed by atoms with Crippen LogP contribution in [0.2, 0.25) is 0 Å². The van der Waals surface area contributed by atoms with Gasteiger partial charge in [0.2, 0.25) is 6.41 Å². The van der Waals surface area contributed by atoms with Gasteiger partial charge in [-0.3, -0.25) is 9.69 Å². The maximum absolute atomic E-state index is 10.5. The van der Waals surface area contributed by atoms with Crippen molar-refractivity contribution in [3.63, 3.8) is 0 Å². The highest BCUT2D eigenvalue weighted by Crippen LogP contribution is 2.19. The number of carbonyl (C=O) groups is 1. The zero-order chi connectivity index (χ0) is 8.39. The molecule has 2 aliphatic rings. The molecule has 2 rings (SSSR count). The Labute approximate surface area is 73.3 Å². The number of hydrogen-bond acceptors (Lipinski definition) is 2. The first-order valence-electron chi connectivity index (χ1n) is 4.83. The van der Waals surface area contributed by atoms with Gasteiger partial charge in [-0.15, -0.1) is 0 Å². The molecule has 0 radical (unpaired) electrons. The lowest BCUT2D eigenvalue weighted by molar-refractivity contribution is -0.121. The molecule has 0 unspecified atom stereocenters. The summed E-state index contributed by atoms with van der Waals surface area (Å²) in [7, 11) is 0. The third kappa shape index (κ3) is 1.46. The molecule has 2 fully saturated rings. The van der Waals surface area contributed by atoms with Gasteiger partial charge in [0.05, 0.1) is 0 Å². The Kier molecular flexibility index (Phi) is 2.30. The van der Waals surface area contributed by atoms with E-state index in [0.29, 0.717) is 6.04 Å². The van der Waals surface area contributed by atoms with Crippen molar-refractivity contribution in [3.8, 4) is 0 Å². The van der Waals surface area contributed by atoms with Crippen molar-refractivity contribution in [3.05, 3.63) is 0 Å². The molecule has 0 spiro atoms. The third-order valence-electron chi connectivity index (χ3n) is 3.02. The van der Waals surface area contributed by atoms with Crippen LogP contribution >= 0.6 is 0 Å². The minimum atomic E-state index is 0.665. The van der Waals surface area contributed by atoms with Crippen molar-refractivity contribution >= 4 is 6.41 Å². The van der Waals surface area contributed by atoms with Crippen LogP contribution < -0.4 is 0 Å². The average Bonchev–Trinajstić information content (AvgIpc) is 2.17. The van der Waals surface area contributed by atoms with E-state index < -0.39 is 0 Å². The van der Waals surface area contributed by atoms with Crippen molar-refractivity contribution in [2.24, 2.45) is 0 Å². The van der Waals surface area contributed by atoms with Crippen LogP contribution in [0.1, 0.15) is 19.3 Å².